The zero-order chi connectivity index (χ0) is 35.6. The van der Waals surface area contributed by atoms with Crippen LogP contribution in [0.2, 0.25) is 5.02 Å². The van der Waals surface area contributed by atoms with Crippen LogP contribution in [0.3, 0.4) is 0 Å². The Hall–Kier alpha value is -4.67. The van der Waals surface area contributed by atoms with Crippen LogP contribution in [-0.4, -0.2) is 98.5 Å². The molecule has 2 aromatic heterocycles. The summed E-state index contributed by atoms with van der Waals surface area (Å²) in [6.07, 6.45) is -2.71. The number of piperidine rings is 1. The number of carbonyl (C=O) groups excluding carboxylic acids is 1. The highest BCUT2D eigenvalue weighted by molar-refractivity contribution is 6.32. The number of nitrogens with one attached hydrogen (secondary N) is 3. The van der Waals surface area contributed by atoms with Crippen molar-refractivity contribution < 1.29 is 42.1 Å². The lowest BCUT2D eigenvalue weighted by atomic mass is 10.0. The topological polar surface area (TPSA) is 164 Å². The van der Waals surface area contributed by atoms with Gasteiger partial charge in [0.2, 0.25) is 0 Å². The van der Waals surface area contributed by atoms with Gasteiger partial charge in [-0.2, -0.15) is 13.2 Å². The molecule has 0 radical (unpaired) electrons. The van der Waals surface area contributed by atoms with Gasteiger partial charge >= 0.3 is 12.1 Å². The summed E-state index contributed by atoms with van der Waals surface area (Å²) >= 11 is 6.05. The molecule has 2 aliphatic heterocycles. The number of alkyl halides is 3. The first kappa shape index (κ1) is 35.6. The normalized spacial score (nSPS) is 15.9. The van der Waals surface area contributed by atoms with Gasteiger partial charge in [-0.15, -0.1) is 0 Å². The predicted octanol–water partition coefficient (Wildman–Crippen LogP) is 4.55. The van der Waals surface area contributed by atoms with Crippen LogP contribution in [0.25, 0.3) is 22.4 Å². The third-order valence-corrected chi connectivity index (χ3v) is 8.60. The van der Waals surface area contributed by atoms with Crippen LogP contribution in [-0.2, 0) is 11.3 Å². The number of amides is 1. The summed E-state index contributed by atoms with van der Waals surface area (Å²) in [5.41, 5.74) is 3.59. The van der Waals surface area contributed by atoms with E-state index in [4.69, 9.17) is 26.2 Å². The fourth-order valence-electron chi connectivity index (χ4n) is 5.65. The maximum Gasteiger partial charge on any atom is 0.490 e. The number of nitrogens with zero attached hydrogens (tertiary/aromatic N) is 3. The van der Waals surface area contributed by atoms with Crippen molar-refractivity contribution in [1.82, 2.24) is 24.8 Å². The fraction of sp³-hybridized carbons (Fsp3) is 0.375. The predicted molar refractivity (Wildman–Crippen MR) is 172 cm³/mol. The largest absolute Gasteiger partial charge is 0.490 e. The zero-order valence-electron chi connectivity index (χ0n) is 26.3. The number of H-pyrrole nitrogens is 2. The van der Waals surface area contributed by atoms with E-state index >= 15 is 0 Å². The number of likely N-dealkylation sites (tertiary alicyclic amines) is 1. The van der Waals surface area contributed by atoms with E-state index in [1.54, 1.807) is 25.1 Å². The number of aromatic amines is 2. The van der Waals surface area contributed by atoms with Crippen molar-refractivity contribution in [3.05, 3.63) is 74.4 Å². The minimum Gasteiger partial charge on any atom is -0.486 e. The number of aliphatic carboxylic acids is 1. The molecule has 1 atom stereocenters. The number of aromatic nitrogens is 3. The van der Waals surface area contributed by atoms with E-state index in [2.05, 4.69) is 32.2 Å². The van der Waals surface area contributed by atoms with Gasteiger partial charge < -0.3 is 40.0 Å². The molecular formula is C32H33ClF4N6O6. The molecule has 0 unspecified atom stereocenters. The highest BCUT2D eigenvalue weighted by Crippen LogP contribution is 2.33. The lowest BCUT2D eigenvalue weighted by molar-refractivity contribution is -0.192. The Balaban J connectivity index is 0.000000606. The lowest BCUT2D eigenvalue weighted by Gasteiger charge is -2.34. The molecule has 1 amide bonds. The lowest BCUT2D eigenvalue weighted by Crippen LogP contribution is -2.43. The zero-order valence-corrected chi connectivity index (χ0v) is 27.1. The summed E-state index contributed by atoms with van der Waals surface area (Å²) in [7, 11) is 2.10. The summed E-state index contributed by atoms with van der Waals surface area (Å²) in [6.45, 7) is 3.90. The second-order valence-corrected chi connectivity index (χ2v) is 12.2. The molecule has 5 N–H and O–H groups in total. The van der Waals surface area contributed by atoms with Crippen LogP contribution >= 0.6 is 11.6 Å². The van der Waals surface area contributed by atoms with Crippen LogP contribution in [0, 0.1) is 12.7 Å². The first-order valence-electron chi connectivity index (χ1n) is 15.2. The second kappa shape index (κ2) is 14.4. The van der Waals surface area contributed by atoms with E-state index in [9.17, 15) is 32.3 Å². The molecule has 2 aliphatic rings. The SMILES string of the molecule is Cc1ccc(Cl)c(OC[C@H](O)CNc2cc[nH]c(=O)c2-c2nc3cc4c(cc3[nH]2)CN(C2CCN(C)CC2)C4=O)c1F.O=C(O)C(F)(F)F. The Morgan fingerprint density at radius 3 is 2.57 bits per heavy atom. The molecule has 0 bridgehead atoms. The molecule has 0 aliphatic carbocycles. The number of aliphatic hydroxyl groups is 1. The first-order chi connectivity index (χ1) is 23.1. The number of aliphatic hydroxyl groups excluding tert-OH is 1. The Morgan fingerprint density at radius 2 is 1.90 bits per heavy atom. The van der Waals surface area contributed by atoms with Crippen LogP contribution in [0.5, 0.6) is 5.75 Å². The number of hydrogen-bond acceptors (Lipinski definition) is 8. The summed E-state index contributed by atoms with van der Waals surface area (Å²) in [4.78, 5) is 49.9. The van der Waals surface area contributed by atoms with Gasteiger partial charge in [-0.1, -0.05) is 17.7 Å². The van der Waals surface area contributed by atoms with Gasteiger partial charge in [-0.25, -0.2) is 14.2 Å². The number of hydrogen-bond donors (Lipinski definition) is 5. The Labute approximate surface area is 281 Å². The Morgan fingerprint density at radius 1 is 1.20 bits per heavy atom. The molecule has 0 spiro atoms. The number of carbonyl (C=O) groups is 2. The average molecular weight is 709 g/mol. The molecule has 4 heterocycles. The van der Waals surface area contributed by atoms with Gasteiger partial charge in [0.25, 0.3) is 11.5 Å². The van der Waals surface area contributed by atoms with E-state index in [-0.39, 0.29) is 47.0 Å². The third kappa shape index (κ3) is 7.98. The minimum absolute atomic E-state index is 0.0112. The average Bonchev–Trinajstić information content (AvgIpc) is 3.60. The molecule has 4 aromatic rings. The maximum absolute atomic E-state index is 14.4. The van der Waals surface area contributed by atoms with Gasteiger partial charge in [0, 0.05) is 30.9 Å². The molecule has 1 fully saturated rings. The highest BCUT2D eigenvalue weighted by Gasteiger charge is 2.38. The van der Waals surface area contributed by atoms with Crippen molar-refractivity contribution in [3.8, 4) is 17.1 Å². The van der Waals surface area contributed by atoms with Crippen LogP contribution in [0.1, 0.15) is 34.3 Å². The van der Waals surface area contributed by atoms with Gasteiger partial charge in [0.05, 0.1) is 21.7 Å². The molecule has 17 heteroatoms. The summed E-state index contributed by atoms with van der Waals surface area (Å²) in [6, 6.07) is 8.71. The summed E-state index contributed by atoms with van der Waals surface area (Å²) < 4.78 is 51.6. The third-order valence-electron chi connectivity index (χ3n) is 8.30. The van der Waals surface area contributed by atoms with Crippen LogP contribution in [0.15, 0.2) is 41.3 Å². The van der Waals surface area contributed by atoms with Crippen molar-refractivity contribution in [2.45, 2.75) is 44.6 Å². The molecule has 1 saturated heterocycles. The standard InChI is InChI=1S/C30H32ClFN6O4.C2HF3O2/c1-16-3-4-21(31)27(26(16)32)42-15-19(39)13-34-22-5-8-33-29(40)25(22)28-35-23-11-17-14-38(18-6-9-37(2)10-7-18)30(41)20(17)12-24(23)36-28;3-2(4,5)1(6)7/h3-5,8,11-12,18-19,39H,6-7,9-10,13-15H2,1-2H3,(H,35,36)(H2,33,34,40);(H,6,7)/t19-;/m1./s1. The smallest absolute Gasteiger partial charge is 0.486 e. The number of aryl methyl sites for hydroxylation is 1. The van der Waals surface area contributed by atoms with E-state index in [1.165, 1.54) is 12.3 Å². The number of imidazole rings is 1. The van der Waals surface area contributed by atoms with Gasteiger partial charge in [-0.3, -0.25) is 9.59 Å². The quantitative estimate of drug-likeness (QED) is 0.165. The monoisotopic (exact) mass is 708 g/mol. The summed E-state index contributed by atoms with van der Waals surface area (Å²) in [5, 5.41) is 20.8. The van der Waals surface area contributed by atoms with E-state index in [0.717, 1.165) is 37.0 Å². The number of fused-ring (bicyclic) bond motifs is 2. The molecule has 49 heavy (non-hydrogen) atoms. The van der Waals surface area contributed by atoms with E-state index in [0.29, 0.717) is 34.7 Å². The van der Waals surface area contributed by atoms with E-state index < -0.39 is 24.1 Å². The Kier molecular flexibility index (Phi) is 10.5. The number of pyridine rings is 1. The number of rotatable bonds is 8. The van der Waals surface area contributed by atoms with Gasteiger partial charge in [0.15, 0.2) is 11.6 Å². The first-order valence-corrected chi connectivity index (χ1v) is 15.6. The van der Waals surface area contributed by atoms with Crippen molar-refractivity contribution in [2.24, 2.45) is 0 Å². The van der Waals surface area contributed by atoms with Gasteiger partial charge in [0.1, 0.15) is 24.1 Å². The molecule has 12 nitrogen and oxygen atoms in total. The number of ether oxygens (including phenoxy) is 1. The molecule has 6 rings (SSSR count). The molecular weight excluding hydrogens is 676 g/mol. The van der Waals surface area contributed by atoms with E-state index in [1.807, 2.05) is 11.0 Å². The number of anilines is 1. The number of halogens is 5. The summed E-state index contributed by atoms with van der Waals surface area (Å²) in [5.74, 6) is -3.10. The fourth-order valence-corrected chi connectivity index (χ4v) is 5.85. The number of benzene rings is 2. The van der Waals surface area contributed by atoms with Crippen molar-refractivity contribution >= 4 is 40.2 Å². The highest BCUT2D eigenvalue weighted by atomic mass is 35.5. The van der Waals surface area contributed by atoms with Crippen molar-refractivity contribution in [2.75, 3.05) is 38.6 Å². The molecule has 0 saturated carbocycles. The number of carboxylic acids is 1. The Bertz CT molecular complexity index is 1920. The minimum atomic E-state index is -5.08. The molecule has 2 aromatic carbocycles. The molecule has 262 valence electrons. The second-order valence-electron chi connectivity index (χ2n) is 11.8. The number of carboxylic acid groups (broad SMARTS) is 1. The van der Waals surface area contributed by atoms with Crippen LogP contribution < -0.4 is 15.6 Å². The van der Waals surface area contributed by atoms with Crippen molar-refractivity contribution in [1.29, 1.82) is 0 Å². The van der Waals surface area contributed by atoms with Crippen molar-refractivity contribution in [3.63, 3.8) is 0 Å². The maximum atomic E-state index is 14.4. The van der Waals surface area contributed by atoms with Gasteiger partial charge in [-0.05, 0) is 75.3 Å². The van der Waals surface area contributed by atoms with Crippen LogP contribution in [0.4, 0.5) is 23.2 Å².